The van der Waals surface area contributed by atoms with Crippen molar-refractivity contribution in [2.75, 3.05) is 5.32 Å². The first-order valence-electron chi connectivity index (χ1n) is 10.2. The molecule has 5 nitrogen and oxygen atoms in total. The SMILES string of the molecule is C[C@H]1Oc2ccc(NC(=O)Cc3ccc(F)cc3)cc2CN(Cc2ccccc2F)C1=O. The van der Waals surface area contributed by atoms with Crippen LogP contribution < -0.4 is 10.1 Å². The second-order valence-corrected chi connectivity index (χ2v) is 7.72. The van der Waals surface area contributed by atoms with Gasteiger partial charge in [0.25, 0.3) is 5.91 Å². The summed E-state index contributed by atoms with van der Waals surface area (Å²) in [6.45, 7) is 1.98. The predicted octanol–water partition coefficient (Wildman–Crippen LogP) is 4.46. The van der Waals surface area contributed by atoms with Crippen molar-refractivity contribution in [3.63, 3.8) is 0 Å². The van der Waals surface area contributed by atoms with E-state index in [2.05, 4.69) is 5.32 Å². The molecule has 0 spiro atoms. The van der Waals surface area contributed by atoms with E-state index in [4.69, 9.17) is 4.74 Å². The molecule has 0 saturated carbocycles. The van der Waals surface area contributed by atoms with Crippen LogP contribution in [0.3, 0.4) is 0 Å². The highest BCUT2D eigenvalue weighted by Gasteiger charge is 2.28. The van der Waals surface area contributed by atoms with Gasteiger partial charge in [0.2, 0.25) is 5.91 Å². The summed E-state index contributed by atoms with van der Waals surface area (Å²) in [6.07, 6.45) is -0.620. The van der Waals surface area contributed by atoms with Gasteiger partial charge in [-0.05, 0) is 48.9 Å². The number of benzene rings is 3. The van der Waals surface area contributed by atoms with Crippen LogP contribution in [0.15, 0.2) is 66.7 Å². The van der Waals surface area contributed by atoms with Crippen LogP contribution in [-0.2, 0) is 29.1 Å². The van der Waals surface area contributed by atoms with Crippen LogP contribution >= 0.6 is 0 Å². The van der Waals surface area contributed by atoms with E-state index in [0.29, 0.717) is 28.1 Å². The number of ether oxygens (including phenoxy) is 1. The van der Waals surface area contributed by atoms with Crippen LogP contribution in [0.1, 0.15) is 23.6 Å². The Kier molecular flexibility index (Phi) is 6.16. The molecule has 0 aliphatic carbocycles. The van der Waals surface area contributed by atoms with Gasteiger partial charge in [0.15, 0.2) is 6.10 Å². The molecule has 1 heterocycles. The molecule has 3 aromatic carbocycles. The third kappa shape index (κ3) is 4.94. The Morgan fingerprint density at radius 1 is 1.09 bits per heavy atom. The van der Waals surface area contributed by atoms with Gasteiger partial charge in [0.05, 0.1) is 6.42 Å². The summed E-state index contributed by atoms with van der Waals surface area (Å²) in [4.78, 5) is 26.7. The Bertz CT molecular complexity index is 1150. The molecule has 0 saturated heterocycles. The zero-order valence-electron chi connectivity index (χ0n) is 17.5. The Morgan fingerprint density at radius 3 is 2.59 bits per heavy atom. The zero-order valence-corrected chi connectivity index (χ0v) is 17.5. The Labute approximate surface area is 184 Å². The second-order valence-electron chi connectivity index (χ2n) is 7.72. The number of nitrogens with one attached hydrogen (secondary N) is 1. The minimum atomic E-state index is -0.720. The van der Waals surface area contributed by atoms with Crippen LogP contribution in [0.5, 0.6) is 5.75 Å². The van der Waals surface area contributed by atoms with E-state index in [0.717, 1.165) is 0 Å². The highest BCUT2D eigenvalue weighted by atomic mass is 19.1. The van der Waals surface area contributed by atoms with Crippen molar-refractivity contribution < 1.29 is 23.1 Å². The normalized spacial score (nSPS) is 15.5. The molecule has 0 radical (unpaired) electrons. The minimum absolute atomic E-state index is 0.1000. The molecule has 4 rings (SSSR count). The fraction of sp³-hybridized carbons (Fsp3) is 0.200. The van der Waals surface area contributed by atoms with E-state index in [1.165, 1.54) is 18.2 Å². The summed E-state index contributed by atoms with van der Waals surface area (Å²) in [6, 6.07) is 17.2. The van der Waals surface area contributed by atoms with E-state index in [1.807, 2.05) is 0 Å². The molecule has 3 aromatic rings. The lowest BCUT2D eigenvalue weighted by Gasteiger charge is -2.22. The molecule has 0 fully saturated rings. The van der Waals surface area contributed by atoms with Crippen molar-refractivity contribution in [3.8, 4) is 5.75 Å². The van der Waals surface area contributed by atoms with E-state index in [9.17, 15) is 18.4 Å². The molecule has 1 atom stereocenters. The van der Waals surface area contributed by atoms with Crippen LogP contribution in [-0.4, -0.2) is 22.8 Å². The van der Waals surface area contributed by atoms with E-state index < -0.39 is 6.10 Å². The number of anilines is 1. The van der Waals surface area contributed by atoms with Gasteiger partial charge in [-0.1, -0.05) is 30.3 Å². The van der Waals surface area contributed by atoms with Gasteiger partial charge in [0.1, 0.15) is 17.4 Å². The van der Waals surface area contributed by atoms with Crippen molar-refractivity contribution in [2.24, 2.45) is 0 Å². The molecule has 164 valence electrons. The Balaban J connectivity index is 1.51. The molecule has 2 amide bonds. The number of hydrogen-bond acceptors (Lipinski definition) is 3. The lowest BCUT2D eigenvalue weighted by atomic mass is 10.1. The van der Waals surface area contributed by atoms with Gasteiger partial charge < -0.3 is 15.0 Å². The number of hydrogen-bond donors (Lipinski definition) is 1. The Hall–Kier alpha value is -3.74. The summed E-state index contributed by atoms with van der Waals surface area (Å²) in [5, 5.41) is 2.82. The summed E-state index contributed by atoms with van der Waals surface area (Å²) in [5.74, 6) is -0.688. The quantitative estimate of drug-likeness (QED) is 0.643. The zero-order chi connectivity index (χ0) is 22.7. The first-order valence-corrected chi connectivity index (χ1v) is 10.2. The van der Waals surface area contributed by atoms with Crippen molar-refractivity contribution in [3.05, 3.63) is 95.1 Å². The topological polar surface area (TPSA) is 58.6 Å². The lowest BCUT2D eigenvalue weighted by molar-refractivity contribution is -0.138. The number of rotatable bonds is 5. The summed E-state index contributed by atoms with van der Waals surface area (Å²) >= 11 is 0. The molecule has 0 unspecified atom stereocenters. The van der Waals surface area contributed by atoms with E-state index in [1.54, 1.807) is 60.4 Å². The first kappa shape index (κ1) is 21.5. The summed E-state index contributed by atoms with van der Waals surface area (Å²) < 4.78 is 33.0. The fourth-order valence-electron chi connectivity index (χ4n) is 3.64. The predicted molar refractivity (Wildman–Crippen MR) is 116 cm³/mol. The van der Waals surface area contributed by atoms with Crippen molar-refractivity contribution >= 4 is 17.5 Å². The molecule has 0 aromatic heterocycles. The van der Waals surface area contributed by atoms with Crippen LogP contribution in [0.25, 0.3) is 0 Å². The molecule has 0 bridgehead atoms. The molecule has 32 heavy (non-hydrogen) atoms. The van der Waals surface area contributed by atoms with E-state index >= 15 is 0 Å². The van der Waals surface area contributed by atoms with Gasteiger partial charge in [-0.15, -0.1) is 0 Å². The largest absolute Gasteiger partial charge is 0.481 e. The average molecular weight is 436 g/mol. The highest BCUT2D eigenvalue weighted by Crippen LogP contribution is 2.29. The number of halogens is 2. The van der Waals surface area contributed by atoms with Crippen LogP contribution in [0, 0.1) is 11.6 Å². The highest BCUT2D eigenvalue weighted by molar-refractivity contribution is 5.92. The first-order chi connectivity index (χ1) is 15.4. The smallest absolute Gasteiger partial charge is 0.263 e. The maximum absolute atomic E-state index is 14.1. The monoisotopic (exact) mass is 436 g/mol. The number of carbonyl (C=O) groups excluding carboxylic acids is 2. The number of nitrogens with zero attached hydrogens (tertiary/aromatic N) is 1. The lowest BCUT2D eigenvalue weighted by Crippen LogP contribution is -2.37. The molecular formula is C25H22F2N2O3. The standard InChI is InChI=1S/C25H22F2N2O3/c1-16-25(31)29(14-18-4-2-3-5-22(18)27)15-19-13-21(10-11-23(19)32-16)28-24(30)12-17-6-8-20(26)9-7-17/h2-11,13,16H,12,14-15H2,1H3,(H,28,30)/t16-/m1/s1. The van der Waals surface area contributed by atoms with Gasteiger partial charge in [-0.2, -0.15) is 0 Å². The third-order valence-electron chi connectivity index (χ3n) is 5.27. The van der Waals surface area contributed by atoms with Gasteiger partial charge in [0, 0.05) is 29.9 Å². The maximum atomic E-state index is 14.1. The van der Waals surface area contributed by atoms with Crippen molar-refractivity contribution in [1.29, 1.82) is 0 Å². The van der Waals surface area contributed by atoms with Gasteiger partial charge >= 0.3 is 0 Å². The third-order valence-corrected chi connectivity index (χ3v) is 5.27. The van der Waals surface area contributed by atoms with Gasteiger partial charge in [-0.3, -0.25) is 9.59 Å². The number of fused-ring (bicyclic) bond motifs is 1. The Morgan fingerprint density at radius 2 is 1.84 bits per heavy atom. The molecule has 1 aliphatic heterocycles. The van der Waals surface area contributed by atoms with Gasteiger partial charge in [-0.25, -0.2) is 8.78 Å². The van der Waals surface area contributed by atoms with Crippen LogP contribution in [0.2, 0.25) is 0 Å². The molecular weight excluding hydrogens is 414 g/mol. The maximum Gasteiger partial charge on any atom is 0.263 e. The molecule has 1 N–H and O–H groups in total. The molecule has 1 aliphatic rings. The van der Waals surface area contributed by atoms with Crippen molar-refractivity contribution in [1.82, 2.24) is 4.90 Å². The van der Waals surface area contributed by atoms with Crippen molar-refractivity contribution in [2.45, 2.75) is 32.5 Å². The summed E-state index contributed by atoms with van der Waals surface area (Å²) in [7, 11) is 0. The second kappa shape index (κ2) is 9.18. The van der Waals surface area contributed by atoms with E-state index in [-0.39, 0.29) is 43.0 Å². The summed E-state index contributed by atoms with van der Waals surface area (Å²) in [5.41, 5.74) is 2.36. The fourth-order valence-corrected chi connectivity index (χ4v) is 3.64. The molecule has 7 heteroatoms. The minimum Gasteiger partial charge on any atom is -0.481 e. The number of amides is 2. The average Bonchev–Trinajstić information content (AvgIpc) is 2.88. The van der Waals surface area contributed by atoms with Crippen LogP contribution in [0.4, 0.5) is 14.5 Å². The number of carbonyl (C=O) groups is 2.